The zero-order valence-corrected chi connectivity index (χ0v) is 13.9. The minimum atomic E-state index is -0.581. The van der Waals surface area contributed by atoms with Gasteiger partial charge >= 0.3 is 0 Å². The Morgan fingerprint density at radius 3 is 2.88 bits per heavy atom. The number of nitrogen functional groups attached to an aromatic ring is 1. The first-order valence-electron chi connectivity index (χ1n) is 7.60. The lowest BCUT2D eigenvalue weighted by molar-refractivity contribution is 0.0948. The van der Waals surface area contributed by atoms with Gasteiger partial charge in [-0.05, 0) is 33.9 Å². The van der Waals surface area contributed by atoms with E-state index in [9.17, 15) is 9.18 Å². The molecule has 3 rings (SSSR count). The molecular weight excluding hydrogens is 343 g/mol. The minimum absolute atomic E-state index is 0.0212. The number of aromatic nitrogens is 5. The minimum Gasteiger partial charge on any atom is -0.378 e. The van der Waals surface area contributed by atoms with Gasteiger partial charge in [0.15, 0.2) is 5.69 Å². The Kier molecular flexibility index (Phi) is 4.69. The normalized spacial score (nSPS) is 11.4. The standard InChI is InChI=1S/C15H15FN8O2/c1-8(2)12-11(19-23-24(12)14-13(17)21-26-22-14)15(25)20-18-7-9-4-3-5-10(16)6-9/h3-8H,1-2H3,(H2,17,21)(H,20,25)/b18-7-. The van der Waals surface area contributed by atoms with Gasteiger partial charge in [-0.3, -0.25) is 4.79 Å². The summed E-state index contributed by atoms with van der Waals surface area (Å²) in [6.07, 6.45) is 1.32. The van der Waals surface area contributed by atoms with Gasteiger partial charge in [0, 0.05) is 0 Å². The Bertz CT molecular complexity index is 962. The van der Waals surface area contributed by atoms with Crippen LogP contribution in [0.25, 0.3) is 5.82 Å². The van der Waals surface area contributed by atoms with Gasteiger partial charge in [-0.2, -0.15) is 9.78 Å². The van der Waals surface area contributed by atoms with Crippen molar-refractivity contribution in [3.05, 3.63) is 47.0 Å². The maximum absolute atomic E-state index is 13.1. The first-order chi connectivity index (χ1) is 12.5. The van der Waals surface area contributed by atoms with Crippen molar-refractivity contribution in [1.29, 1.82) is 0 Å². The van der Waals surface area contributed by atoms with E-state index >= 15 is 0 Å². The van der Waals surface area contributed by atoms with Gasteiger partial charge in [-0.15, -0.1) is 5.10 Å². The third kappa shape index (κ3) is 3.41. The molecular formula is C15H15FN8O2. The van der Waals surface area contributed by atoms with Crippen LogP contribution in [0, 0.1) is 5.82 Å². The average Bonchev–Trinajstić information content (AvgIpc) is 3.20. The number of hydrazone groups is 1. The molecule has 0 atom stereocenters. The van der Waals surface area contributed by atoms with E-state index in [2.05, 4.69) is 35.8 Å². The summed E-state index contributed by atoms with van der Waals surface area (Å²) in [5, 5.41) is 18.7. The van der Waals surface area contributed by atoms with E-state index in [-0.39, 0.29) is 23.2 Å². The Balaban J connectivity index is 1.83. The zero-order chi connectivity index (χ0) is 18.7. The van der Waals surface area contributed by atoms with E-state index in [1.807, 2.05) is 13.8 Å². The van der Waals surface area contributed by atoms with Crippen molar-refractivity contribution >= 4 is 17.9 Å². The number of hydrogen-bond acceptors (Lipinski definition) is 8. The number of amides is 1. The predicted octanol–water partition coefficient (Wildman–Crippen LogP) is 1.26. The Morgan fingerprint density at radius 2 is 2.23 bits per heavy atom. The number of halogens is 1. The highest BCUT2D eigenvalue weighted by Gasteiger charge is 2.25. The second-order valence-corrected chi connectivity index (χ2v) is 5.62. The van der Waals surface area contributed by atoms with Crippen LogP contribution < -0.4 is 11.2 Å². The molecule has 1 amide bonds. The highest BCUT2D eigenvalue weighted by Crippen LogP contribution is 2.22. The molecule has 3 N–H and O–H groups in total. The third-order valence-corrected chi connectivity index (χ3v) is 3.39. The van der Waals surface area contributed by atoms with E-state index in [1.54, 1.807) is 6.07 Å². The molecule has 0 saturated heterocycles. The first kappa shape index (κ1) is 17.2. The number of hydrogen-bond donors (Lipinski definition) is 2. The average molecular weight is 358 g/mol. The van der Waals surface area contributed by atoms with Crippen molar-refractivity contribution in [3.8, 4) is 5.82 Å². The van der Waals surface area contributed by atoms with Crippen LogP contribution in [0.1, 0.15) is 41.5 Å². The number of carbonyl (C=O) groups is 1. The molecule has 3 aromatic rings. The van der Waals surface area contributed by atoms with Gasteiger partial charge in [0.25, 0.3) is 5.91 Å². The largest absolute Gasteiger partial charge is 0.378 e. The number of nitrogens with two attached hydrogens (primary N) is 1. The highest BCUT2D eigenvalue weighted by atomic mass is 19.1. The summed E-state index contributed by atoms with van der Waals surface area (Å²) in [7, 11) is 0. The molecule has 0 aliphatic heterocycles. The molecule has 26 heavy (non-hydrogen) atoms. The van der Waals surface area contributed by atoms with Gasteiger partial charge in [-0.1, -0.05) is 31.2 Å². The van der Waals surface area contributed by atoms with Crippen molar-refractivity contribution in [2.75, 3.05) is 5.73 Å². The van der Waals surface area contributed by atoms with Crippen LogP contribution in [0.4, 0.5) is 10.2 Å². The van der Waals surface area contributed by atoms with Gasteiger partial charge < -0.3 is 5.73 Å². The van der Waals surface area contributed by atoms with Gasteiger partial charge in [0.1, 0.15) is 5.82 Å². The number of carbonyl (C=O) groups excluding carboxylic acids is 1. The summed E-state index contributed by atoms with van der Waals surface area (Å²) in [6.45, 7) is 3.71. The molecule has 1 aromatic carbocycles. The lowest BCUT2D eigenvalue weighted by atomic mass is 10.1. The number of rotatable bonds is 5. The first-order valence-corrected chi connectivity index (χ1v) is 7.60. The number of nitrogens with zero attached hydrogens (tertiary/aromatic N) is 6. The fourth-order valence-electron chi connectivity index (χ4n) is 2.27. The van der Waals surface area contributed by atoms with E-state index in [4.69, 9.17) is 5.73 Å². The molecule has 0 spiro atoms. The predicted molar refractivity (Wildman–Crippen MR) is 89.2 cm³/mol. The van der Waals surface area contributed by atoms with Crippen LogP contribution in [-0.2, 0) is 0 Å². The summed E-state index contributed by atoms with van der Waals surface area (Å²) in [5.74, 6) is -0.947. The molecule has 0 unspecified atom stereocenters. The third-order valence-electron chi connectivity index (χ3n) is 3.39. The molecule has 0 aliphatic rings. The molecule has 0 bridgehead atoms. The van der Waals surface area contributed by atoms with Gasteiger partial charge in [0.2, 0.25) is 11.6 Å². The smallest absolute Gasteiger partial charge is 0.293 e. The fourth-order valence-corrected chi connectivity index (χ4v) is 2.27. The molecule has 0 aliphatic carbocycles. The van der Waals surface area contributed by atoms with E-state index in [0.29, 0.717) is 11.3 Å². The fraction of sp³-hybridized carbons (Fsp3) is 0.200. The Morgan fingerprint density at radius 1 is 1.42 bits per heavy atom. The van der Waals surface area contributed by atoms with Crippen LogP contribution in [0.2, 0.25) is 0 Å². The topological polar surface area (TPSA) is 137 Å². The highest BCUT2D eigenvalue weighted by molar-refractivity contribution is 5.94. The maximum atomic E-state index is 13.1. The number of anilines is 1. The van der Waals surface area contributed by atoms with Crippen LogP contribution in [0.5, 0.6) is 0 Å². The molecule has 10 nitrogen and oxygen atoms in total. The van der Waals surface area contributed by atoms with E-state index < -0.39 is 11.7 Å². The molecule has 0 saturated carbocycles. The van der Waals surface area contributed by atoms with Crippen molar-refractivity contribution < 1.29 is 13.8 Å². The molecule has 2 aromatic heterocycles. The second kappa shape index (κ2) is 7.09. The van der Waals surface area contributed by atoms with Crippen molar-refractivity contribution in [2.45, 2.75) is 19.8 Å². The molecule has 11 heteroatoms. The van der Waals surface area contributed by atoms with Gasteiger partial charge in [-0.25, -0.2) is 14.4 Å². The molecule has 134 valence electrons. The van der Waals surface area contributed by atoms with Crippen LogP contribution in [-0.4, -0.2) is 37.4 Å². The summed E-state index contributed by atoms with van der Waals surface area (Å²) in [4.78, 5) is 12.4. The molecule has 0 radical (unpaired) electrons. The molecule has 2 heterocycles. The molecule has 0 fully saturated rings. The summed E-state index contributed by atoms with van der Waals surface area (Å²) >= 11 is 0. The quantitative estimate of drug-likeness (QED) is 0.517. The van der Waals surface area contributed by atoms with Crippen LogP contribution in [0.15, 0.2) is 34.0 Å². The van der Waals surface area contributed by atoms with Crippen LogP contribution >= 0.6 is 0 Å². The summed E-state index contributed by atoms with van der Waals surface area (Å²) in [6, 6.07) is 5.78. The second-order valence-electron chi connectivity index (χ2n) is 5.62. The van der Waals surface area contributed by atoms with Crippen molar-refractivity contribution in [2.24, 2.45) is 5.10 Å². The van der Waals surface area contributed by atoms with Crippen molar-refractivity contribution in [3.63, 3.8) is 0 Å². The van der Waals surface area contributed by atoms with Crippen molar-refractivity contribution in [1.82, 2.24) is 30.7 Å². The number of nitrogens with one attached hydrogen (secondary N) is 1. The monoisotopic (exact) mass is 358 g/mol. The van der Waals surface area contributed by atoms with Crippen LogP contribution in [0.3, 0.4) is 0 Å². The Hall–Kier alpha value is -3.63. The summed E-state index contributed by atoms with van der Waals surface area (Å²) < 4.78 is 19.0. The van der Waals surface area contributed by atoms with E-state index in [0.717, 1.165) is 0 Å². The lowest BCUT2D eigenvalue weighted by Gasteiger charge is -2.08. The SMILES string of the molecule is CC(C)c1c(C(=O)N/N=C\c2cccc(F)c2)nnn1-c1nonc1N. The number of benzene rings is 1. The van der Waals surface area contributed by atoms with E-state index in [1.165, 1.54) is 29.1 Å². The zero-order valence-electron chi connectivity index (χ0n) is 13.9. The maximum Gasteiger partial charge on any atom is 0.293 e. The lowest BCUT2D eigenvalue weighted by Crippen LogP contribution is -2.21. The van der Waals surface area contributed by atoms with Gasteiger partial charge in [0.05, 0.1) is 11.9 Å². The Labute approximate surface area is 146 Å². The summed E-state index contributed by atoms with van der Waals surface area (Å²) in [5.41, 5.74) is 9.03.